The molecule has 1 heterocycles. The summed E-state index contributed by atoms with van der Waals surface area (Å²) in [6, 6.07) is 9.55. The van der Waals surface area contributed by atoms with Crippen LogP contribution in [0.1, 0.15) is 42.5 Å². The third-order valence-electron chi connectivity index (χ3n) is 5.03. The van der Waals surface area contributed by atoms with Crippen molar-refractivity contribution in [1.82, 2.24) is 10.2 Å². The zero-order valence-electron chi connectivity index (χ0n) is 13.4. The first kappa shape index (κ1) is 17.0. The lowest BCUT2D eigenvalue weighted by Crippen LogP contribution is -2.55. The molecule has 3 rings (SSSR count). The Morgan fingerprint density at radius 2 is 1.83 bits per heavy atom. The number of nitrogens with one attached hydrogen (secondary N) is 1. The summed E-state index contributed by atoms with van der Waals surface area (Å²) in [7, 11) is 0. The second-order valence-corrected chi connectivity index (χ2v) is 7.53. The van der Waals surface area contributed by atoms with E-state index in [9.17, 15) is 14.9 Å². The van der Waals surface area contributed by atoms with E-state index in [2.05, 4.69) is 27.3 Å². The Hall–Kier alpha value is -1.87. The molecule has 2 amide bonds. The van der Waals surface area contributed by atoms with Gasteiger partial charge in [-0.1, -0.05) is 15.9 Å². The highest BCUT2D eigenvalue weighted by molar-refractivity contribution is 9.10. The highest BCUT2D eigenvalue weighted by Crippen LogP contribution is 2.32. The fourth-order valence-corrected chi connectivity index (χ4v) is 3.52. The Morgan fingerprint density at radius 3 is 2.33 bits per heavy atom. The molecular formula is C18H20BrN3O2. The molecule has 24 heavy (non-hydrogen) atoms. The van der Waals surface area contributed by atoms with E-state index < -0.39 is 5.54 Å². The van der Waals surface area contributed by atoms with Gasteiger partial charge in [-0.05, 0) is 56.4 Å². The molecule has 1 aliphatic carbocycles. The lowest BCUT2D eigenvalue weighted by molar-refractivity contribution is -0.128. The number of nitriles is 1. The maximum atomic E-state index is 12.5. The van der Waals surface area contributed by atoms with Gasteiger partial charge in [-0.25, -0.2) is 0 Å². The molecule has 0 unspecified atom stereocenters. The number of likely N-dealkylation sites (tertiary alicyclic amines) is 1. The number of benzene rings is 1. The summed E-state index contributed by atoms with van der Waals surface area (Å²) < 4.78 is 0.942. The summed E-state index contributed by atoms with van der Waals surface area (Å²) in [6.07, 6.45) is 3.78. The van der Waals surface area contributed by atoms with Crippen LogP contribution in [0.25, 0.3) is 0 Å². The monoisotopic (exact) mass is 389 g/mol. The number of hydrogen-bond acceptors (Lipinski definition) is 3. The average Bonchev–Trinajstić information content (AvgIpc) is 2.58. The van der Waals surface area contributed by atoms with Gasteiger partial charge in [0.1, 0.15) is 5.54 Å². The van der Waals surface area contributed by atoms with Crippen LogP contribution >= 0.6 is 15.9 Å². The molecule has 126 valence electrons. The van der Waals surface area contributed by atoms with E-state index in [1.807, 2.05) is 12.1 Å². The third kappa shape index (κ3) is 3.46. The van der Waals surface area contributed by atoms with Gasteiger partial charge in [0.2, 0.25) is 5.91 Å². The molecule has 1 N–H and O–H groups in total. The quantitative estimate of drug-likeness (QED) is 0.863. The Balaban J connectivity index is 1.54. The van der Waals surface area contributed by atoms with Crippen LogP contribution in [0.15, 0.2) is 28.7 Å². The second kappa shape index (κ2) is 6.94. The Kier molecular flexibility index (Phi) is 4.91. The van der Waals surface area contributed by atoms with E-state index in [0.29, 0.717) is 31.5 Å². The van der Waals surface area contributed by atoms with E-state index in [1.165, 1.54) is 0 Å². The van der Waals surface area contributed by atoms with Crippen molar-refractivity contribution in [3.63, 3.8) is 0 Å². The normalized spacial score (nSPS) is 19.9. The van der Waals surface area contributed by atoms with Gasteiger partial charge in [0, 0.05) is 29.0 Å². The van der Waals surface area contributed by atoms with Crippen molar-refractivity contribution in [3.8, 4) is 6.07 Å². The maximum absolute atomic E-state index is 12.5. The summed E-state index contributed by atoms with van der Waals surface area (Å²) in [6.45, 7) is 1.15. The molecule has 1 aliphatic heterocycles. The Morgan fingerprint density at radius 1 is 1.21 bits per heavy atom. The number of carbonyl (C=O) groups excluding carboxylic acids is 2. The molecule has 1 saturated carbocycles. The molecule has 2 aliphatic rings. The second-order valence-electron chi connectivity index (χ2n) is 6.61. The summed E-state index contributed by atoms with van der Waals surface area (Å²) in [5, 5.41) is 12.1. The summed E-state index contributed by atoms with van der Waals surface area (Å²) in [4.78, 5) is 26.7. The number of rotatable bonds is 3. The minimum absolute atomic E-state index is 0.00819. The number of hydrogen-bond donors (Lipinski definition) is 1. The van der Waals surface area contributed by atoms with Gasteiger partial charge in [-0.3, -0.25) is 9.59 Å². The van der Waals surface area contributed by atoms with Crippen molar-refractivity contribution in [2.75, 3.05) is 13.1 Å². The van der Waals surface area contributed by atoms with Crippen molar-refractivity contribution in [1.29, 1.82) is 5.26 Å². The smallest absolute Gasteiger partial charge is 0.253 e. The maximum Gasteiger partial charge on any atom is 0.253 e. The average molecular weight is 390 g/mol. The minimum Gasteiger partial charge on any atom is -0.339 e. The van der Waals surface area contributed by atoms with Gasteiger partial charge >= 0.3 is 0 Å². The first-order valence-corrected chi connectivity index (χ1v) is 9.10. The van der Waals surface area contributed by atoms with Crippen LogP contribution in [0, 0.1) is 17.2 Å². The summed E-state index contributed by atoms with van der Waals surface area (Å²) in [5.74, 6) is -0.134. The molecule has 6 heteroatoms. The van der Waals surface area contributed by atoms with Gasteiger partial charge in [0.15, 0.2) is 0 Å². The molecule has 0 aromatic heterocycles. The van der Waals surface area contributed by atoms with Crippen molar-refractivity contribution < 1.29 is 9.59 Å². The van der Waals surface area contributed by atoms with Gasteiger partial charge in [-0.2, -0.15) is 5.26 Å². The number of piperidine rings is 1. The standard InChI is InChI=1S/C18H20BrN3O2/c19-15-4-2-14(3-5-15)17(24)22-10-6-13(7-11-22)16(23)21-18(12-20)8-1-9-18/h2-5,13H,1,6-11H2,(H,21,23). The molecule has 1 saturated heterocycles. The van der Waals surface area contributed by atoms with Crippen LogP contribution in [0.4, 0.5) is 0 Å². The molecule has 0 atom stereocenters. The van der Waals surface area contributed by atoms with Crippen LogP contribution in [-0.2, 0) is 4.79 Å². The zero-order valence-corrected chi connectivity index (χ0v) is 15.0. The first-order valence-electron chi connectivity index (χ1n) is 8.31. The van der Waals surface area contributed by atoms with E-state index in [4.69, 9.17) is 0 Å². The van der Waals surface area contributed by atoms with Gasteiger partial charge in [0.25, 0.3) is 5.91 Å². The van der Waals surface area contributed by atoms with Crippen LogP contribution < -0.4 is 5.32 Å². The lowest BCUT2D eigenvalue weighted by Gasteiger charge is -2.38. The SMILES string of the molecule is N#CC1(NC(=O)C2CCN(C(=O)c3ccc(Br)cc3)CC2)CCC1. The number of amides is 2. The molecule has 5 nitrogen and oxygen atoms in total. The van der Waals surface area contributed by atoms with Gasteiger partial charge < -0.3 is 10.2 Å². The minimum atomic E-state index is -0.637. The van der Waals surface area contributed by atoms with Crippen LogP contribution in [0.2, 0.25) is 0 Å². The van der Waals surface area contributed by atoms with Crippen LogP contribution in [0.5, 0.6) is 0 Å². The summed E-state index contributed by atoms with van der Waals surface area (Å²) >= 11 is 3.36. The zero-order chi connectivity index (χ0) is 17.2. The molecule has 1 aromatic carbocycles. The highest BCUT2D eigenvalue weighted by atomic mass is 79.9. The molecule has 0 radical (unpaired) electrons. The lowest BCUT2D eigenvalue weighted by atomic mass is 9.77. The Bertz CT molecular complexity index is 668. The van der Waals surface area contributed by atoms with Crippen molar-refractivity contribution in [2.45, 2.75) is 37.6 Å². The molecule has 2 fully saturated rings. The van der Waals surface area contributed by atoms with E-state index in [-0.39, 0.29) is 17.7 Å². The van der Waals surface area contributed by atoms with E-state index in [0.717, 1.165) is 23.7 Å². The van der Waals surface area contributed by atoms with Gasteiger partial charge in [0.05, 0.1) is 6.07 Å². The predicted molar refractivity (Wildman–Crippen MR) is 93.1 cm³/mol. The fraction of sp³-hybridized carbons (Fsp3) is 0.500. The highest BCUT2D eigenvalue weighted by Gasteiger charge is 2.40. The molecular weight excluding hydrogens is 370 g/mol. The van der Waals surface area contributed by atoms with Crippen LogP contribution in [0.3, 0.4) is 0 Å². The van der Waals surface area contributed by atoms with Crippen LogP contribution in [-0.4, -0.2) is 35.3 Å². The molecule has 1 aromatic rings. The van der Waals surface area contributed by atoms with Crippen molar-refractivity contribution in [3.05, 3.63) is 34.3 Å². The van der Waals surface area contributed by atoms with E-state index >= 15 is 0 Å². The predicted octanol–water partition coefficient (Wildman–Crippen LogP) is 2.86. The number of nitrogens with zero attached hydrogens (tertiary/aromatic N) is 2. The largest absolute Gasteiger partial charge is 0.339 e. The molecule has 0 spiro atoms. The first-order chi connectivity index (χ1) is 11.5. The molecule has 0 bridgehead atoms. The third-order valence-corrected chi connectivity index (χ3v) is 5.56. The number of halogens is 1. The Labute approximate surface area is 150 Å². The fourth-order valence-electron chi connectivity index (χ4n) is 3.25. The van der Waals surface area contributed by atoms with Crippen molar-refractivity contribution in [2.24, 2.45) is 5.92 Å². The summed E-state index contributed by atoms with van der Waals surface area (Å²) in [5.41, 5.74) is 0.0283. The number of carbonyl (C=O) groups is 2. The van der Waals surface area contributed by atoms with Crippen molar-refractivity contribution >= 4 is 27.7 Å². The van der Waals surface area contributed by atoms with E-state index in [1.54, 1.807) is 17.0 Å². The van der Waals surface area contributed by atoms with Gasteiger partial charge in [-0.15, -0.1) is 0 Å². The topological polar surface area (TPSA) is 73.2 Å².